The zero-order chi connectivity index (χ0) is 13.0. The van der Waals surface area contributed by atoms with Crippen molar-refractivity contribution in [3.63, 3.8) is 0 Å². The summed E-state index contributed by atoms with van der Waals surface area (Å²) in [5.74, 6) is -0.332. The van der Waals surface area contributed by atoms with Crippen LogP contribution in [0.5, 0.6) is 0 Å². The van der Waals surface area contributed by atoms with Gasteiger partial charge in [0.05, 0.1) is 24.3 Å². The predicted octanol–water partition coefficient (Wildman–Crippen LogP) is 3.25. The first-order valence-corrected chi connectivity index (χ1v) is 5.58. The third-order valence-corrected chi connectivity index (χ3v) is 2.65. The number of halogens is 1. The molecule has 1 N–H and O–H groups in total. The molecule has 0 aliphatic rings. The SMILES string of the molecule is N#CCc1ccc(NC(=O)c2ccoc2Cl)cc1. The Kier molecular flexibility index (Phi) is 3.66. The minimum absolute atomic E-state index is 0.0635. The van der Waals surface area contributed by atoms with Crippen LogP contribution in [0.1, 0.15) is 15.9 Å². The van der Waals surface area contributed by atoms with E-state index >= 15 is 0 Å². The van der Waals surface area contributed by atoms with Gasteiger partial charge in [0.25, 0.3) is 5.91 Å². The summed E-state index contributed by atoms with van der Waals surface area (Å²) >= 11 is 5.70. The van der Waals surface area contributed by atoms with Crippen LogP contribution in [-0.2, 0) is 6.42 Å². The maximum absolute atomic E-state index is 11.8. The fourth-order valence-electron chi connectivity index (χ4n) is 1.45. The number of hydrogen-bond acceptors (Lipinski definition) is 3. The molecule has 0 aliphatic carbocycles. The van der Waals surface area contributed by atoms with E-state index in [9.17, 15) is 4.79 Å². The number of nitriles is 1. The molecule has 4 nitrogen and oxygen atoms in total. The van der Waals surface area contributed by atoms with E-state index in [1.165, 1.54) is 12.3 Å². The van der Waals surface area contributed by atoms with Crippen LogP contribution >= 0.6 is 11.6 Å². The van der Waals surface area contributed by atoms with Crippen LogP contribution in [0, 0.1) is 11.3 Å². The van der Waals surface area contributed by atoms with Crippen molar-refractivity contribution in [3.05, 3.63) is 52.9 Å². The lowest BCUT2D eigenvalue weighted by molar-refractivity contribution is 0.102. The highest BCUT2D eigenvalue weighted by Gasteiger charge is 2.12. The summed E-state index contributed by atoms with van der Waals surface area (Å²) in [4.78, 5) is 11.8. The van der Waals surface area contributed by atoms with Crippen LogP contribution in [0.25, 0.3) is 0 Å². The normalized spacial score (nSPS) is 9.78. The lowest BCUT2D eigenvalue weighted by atomic mass is 10.1. The van der Waals surface area contributed by atoms with Gasteiger partial charge in [-0.15, -0.1) is 0 Å². The second-order valence-corrected chi connectivity index (χ2v) is 3.94. The maximum Gasteiger partial charge on any atom is 0.260 e. The van der Waals surface area contributed by atoms with Gasteiger partial charge in [-0.1, -0.05) is 12.1 Å². The van der Waals surface area contributed by atoms with Gasteiger partial charge in [0, 0.05) is 5.69 Å². The van der Waals surface area contributed by atoms with Gasteiger partial charge >= 0.3 is 0 Å². The molecule has 0 unspecified atom stereocenters. The molecule has 1 aromatic heterocycles. The highest BCUT2D eigenvalue weighted by Crippen LogP contribution is 2.18. The Bertz CT molecular complexity index is 596. The standard InChI is InChI=1S/C13H9ClN2O2/c14-12-11(6-8-18-12)13(17)16-10-3-1-9(2-4-10)5-7-15/h1-4,6,8H,5H2,(H,16,17). The van der Waals surface area contributed by atoms with Crippen molar-refractivity contribution in [1.29, 1.82) is 5.26 Å². The number of furan rings is 1. The molecule has 1 heterocycles. The van der Waals surface area contributed by atoms with Gasteiger partial charge in [0.2, 0.25) is 5.22 Å². The number of rotatable bonds is 3. The molecule has 0 atom stereocenters. The van der Waals surface area contributed by atoms with Crippen molar-refractivity contribution in [2.24, 2.45) is 0 Å². The predicted molar refractivity (Wildman–Crippen MR) is 67.4 cm³/mol. The second-order valence-electron chi connectivity index (χ2n) is 3.59. The van der Waals surface area contributed by atoms with Crippen LogP contribution in [0.3, 0.4) is 0 Å². The Labute approximate surface area is 109 Å². The number of anilines is 1. The molecule has 1 aromatic carbocycles. The van der Waals surface area contributed by atoms with E-state index in [1.807, 2.05) is 0 Å². The van der Waals surface area contributed by atoms with Crippen molar-refractivity contribution in [1.82, 2.24) is 0 Å². The summed E-state index contributed by atoms with van der Waals surface area (Å²) in [6.45, 7) is 0. The van der Waals surface area contributed by atoms with Gasteiger partial charge in [-0.25, -0.2) is 0 Å². The third-order valence-electron chi connectivity index (χ3n) is 2.36. The van der Waals surface area contributed by atoms with E-state index in [0.29, 0.717) is 12.1 Å². The van der Waals surface area contributed by atoms with E-state index < -0.39 is 0 Å². The Morgan fingerprint density at radius 1 is 1.33 bits per heavy atom. The lowest BCUT2D eigenvalue weighted by Gasteiger charge is -2.04. The molecule has 1 amide bonds. The number of carbonyl (C=O) groups is 1. The van der Waals surface area contributed by atoms with Crippen LogP contribution < -0.4 is 5.32 Å². The van der Waals surface area contributed by atoms with Gasteiger partial charge in [-0.3, -0.25) is 4.79 Å². The molecule has 5 heteroatoms. The fraction of sp³-hybridized carbons (Fsp3) is 0.0769. The first-order chi connectivity index (χ1) is 8.70. The number of benzene rings is 1. The Balaban J connectivity index is 2.08. The Morgan fingerprint density at radius 3 is 2.61 bits per heavy atom. The highest BCUT2D eigenvalue weighted by molar-refractivity contribution is 6.32. The summed E-state index contributed by atoms with van der Waals surface area (Å²) in [6.07, 6.45) is 1.70. The van der Waals surface area contributed by atoms with Crippen LogP contribution in [0.4, 0.5) is 5.69 Å². The van der Waals surface area contributed by atoms with Crippen molar-refractivity contribution in [2.75, 3.05) is 5.32 Å². The summed E-state index contributed by atoms with van der Waals surface area (Å²) < 4.78 is 4.84. The van der Waals surface area contributed by atoms with Gasteiger partial charge in [-0.2, -0.15) is 5.26 Å². The zero-order valence-corrected chi connectivity index (χ0v) is 10.1. The van der Waals surface area contributed by atoms with E-state index in [2.05, 4.69) is 11.4 Å². The Morgan fingerprint density at radius 2 is 2.06 bits per heavy atom. The average molecular weight is 261 g/mol. The first kappa shape index (κ1) is 12.2. The minimum atomic E-state index is -0.332. The highest BCUT2D eigenvalue weighted by atomic mass is 35.5. The maximum atomic E-state index is 11.8. The molecular weight excluding hydrogens is 252 g/mol. The number of nitrogens with one attached hydrogen (secondary N) is 1. The van der Waals surface area contributed by atoms with Gasteiger partial charge < -0.3 is 9.73 Å². The summed E-state index contributed by atoms with van der Waals surface area (Å²) in [6, 6.07) is 10.6. The van der Waals surface area contributed by atoms with Crippen molar-refractivity contribution in [3.8, 4) is 6.07 Å². The molecule has 0 saturated heterocycles. The van der Waals surface area contributed by atoms with E-state index in [1.54, 1.807) is 24.3 Å². The van der Waals surface area contributed by atoms with Crippen LogP contribution in [0.15, 0.2) is 41.0 Å². The molecule has 2 rings (SSSR count). The molecule has 0 saturated carbocycles. The lowest BCUT2D eigenvalue weighted by Crippen LogP contribution is -2.11. The third kappa shape index (κ3) is 2.70. The molecule has 0 aliphatic heterocycles. The molecule has 90 valence electrons. The number of amides is 1. The van der Waals surface area contributed by atoms with E-state index in [-0.39, 0.29) is 16.7 Å². The number of nitrogens with zero attached hydrogens (tertiary/aromatic N) is 1. The fourth-order valence-corrected chi connectivity index (χ4v) is 1.65. The molecule has 0 spiro atoms. The summed E-state index contributed by atoms with van der Waals surface area (Å²) in [5.41, 5.74) is 1.83. The minimum Gasteiger partial charge on any atom is -0.452 e. The largest absolute Gasteiger partial charge is 0.452 e. The molecule has 18 heavy (non-hydrogen) atoms. The summed E-state index contributed by atoms with van der Waals surface area (Å²) in [7, 11) is 0. The molecule has 0 bridgehead atoms. The molecule has 0 fully saturated rings. The zero-order valence-electron chi connectivity index (χ0n) is 9.31. The smallest absolute Gasteiger partial charge is 0.260 e. The first-order valence-electron chi connectivity index (χ1n) is 5.21. The average Bonchev–Trinajstić information content (AvgIpc) is 2.78. The van der Waals surface area contributed by atoms with Gasteiger partial charge in [0.15, 0.2) is 0 Å². The van der Waals surface area contributed by atoms with Crippen molar-refractivity contribution < 1.29 is 9.21 Å². The number of carbonyl (C=O) groups excluding carboxylic acids is 1. The van der Waals surface area contributed by atoms with Gasteiger partial charge in [0.1, 0.15) is 0 Å². The molecule has 2 aromatic rings. The monoisotopic (exact) mass is 260 g/mol. The van der Waals surface area contributed by atoms with Crippen LogP contribution in [-0.4, -0.2) is 5.91 Å². The van der Waals surface area contributed by atoms with Crippen molar-refractivity contribution >= 4 is 23.2 Å². The quantitative estimate of drug-likeness (QED) is 0.921. The second kappa shape index (κ2) is 5.39. The molecule has 0 radical (unpaired) electrons. The Hall–Kier alpha value is -2.25. The molecular formula is C13H9ClN2O2. The van der Waals surface area contributed by atoms with E-state index in [4.69, 9.17) is 21.3 Å². The topological polar surface area (TPSA) is 66.0 Å². The van der Waals surface area contributed by atoms with Crippen LogP contribution in [0.2, 0.25) is 5.22 Å². The van der Waals surface area contributed by atoms with Gasteiger partial charge in [-0.05, 0) is 35.4 Å². The number of hydrogen-bond donors (Lipinski definition) is 1. The summed E-state index contributed by atoms with van der Waals surface area (Å²) in [5, 5.41) is 11.3. The van der Waals surface area contributed by atoms with E-state index in [0.717, 1.165) is 5.56 Å². The van der Waals surface area contributed by atoms with Crippen molar-refractivity contribution in [2.45, 2.75) is 6.42 Å².